The Balaban J connectivity index is 2.33. The highest BCUT2D eigenvalue weighted by Crippen LogP contribution is 2.27. The zero-order valence-corrected chi connectivity index (χ0v) is 13.2. The minimum Gasteiger partial charge on any atom is -0.383 e. The van der Waals surface area contributed by atoms with Crippen LogP contribution in [0.2, 0.25) is 0 Å². The smallest absolute Gasteiger partial charge is 0.0974 e. The van der Waals surface area contributed by atoms with Crippen molar-refractivity contribution in [2.24, 2.45) is 0 Å². The number of aromatic nitrogens is 4. The summed E-state index contributed by atoms with van der Waals surface area (Å²) in [4.78, 5) is 0. The molecule has 8 heteroatoms. The van der Waals surface area contributed by atoms with Crippen LogP contribution in [0.5, 0.6) is 0 Å². The molecule has 0 aliphatic carbocycles. The summed E-state index contributed by atoms with van der Waals surface area (Å²) in [5.41, 5.74) is 1.96. The molecule has 1 N–H and O–H groups in total. The predicted octanol–water partition coefficient (Wildman–Crippen LogP) is 1.84. The molecule has 0 bridgehead atoms. The van der Waals surface area contributed by atoms with E-state index in [1.54, 1.807) is 19.5 Å². The van der Waals surface area contributed by atoms with Crippen LogP contribution >= 0.6 is 27.7 Å². The number of halogens is 1. The molecule has 1 unspecified atom stereocenters. The minimum absolute atomic E-state index is 0.0162. The molecule has 2 aromatic rings. The molecular formula is C11H16BrN5OS. The Hall–Kier alpha value is -0.830. The molecule has 2 rings (SSSR count). The van der Waals surface area contributed by atoms with Crippen molar-refractivity contribution in [1.29, 1.82) is 0 Å². The van der Waals surface area contributed by atoms with E-state index in [9.17, 15) is 0 Å². The van der Waals surface area contributed by atoms with Crippen molar-refractivity contribution in [3.63, 3.8) is 0 Å². The van der Waals surface area contributed by atoms with Gasteiger partial charge in [-0.3, -0.25) is 4.68 Å². The highest BCUT2D eigenvalue weighted by molar-refractivity contribution is 9.10. The summed E-state index contributed by atoms with van der Waals surface area (Å²) in [7, 11) is 1.68. The van der Waals surface area contributed by atoms with Gasteiger partial charge < -0.3 is 10.1 Å². The van der Waals surface area contributed by atoms with E-state index in [0.29, 0.717) is 13.2 Å². The molecule has 0 aliphatic rings. The molecule has 0 saturated heterocycles. The van der Waals surface area contributed by atoms with E-state index in [1.807, 2.05) is 4.68 Å². The highest BCUT2D eigenvalue weighted by Gasteiger charge is 2.23. The normalized spacial score (nSPS) is 12.8. The Morgan fingerprint density at radius 2 is 2.37 bits per heavy atom. The largest absolute Gasteiger partial charge is 0.383 e. The molecule has 0 saturated carbocycles. The highest BCUT2D eigenvalue weighted by atomic mass is 79.9. The van der Waals surface area contributed by atoms with E-state index in [0.717, 1.165) is 22.4 Å². The standard InChI is InChI=1S/C11H16BrN5OS/c1-3-13-10(9-7-15-19-16-9)11-8(12)6-14-17(11)4-5-18-2/h6-7,10,13H,3-5H2,1-2H3. The maximum atomic E-state index is 5.12. The lowest BCUT2D eigenvalue weighted by Gasteiger charge is -2.18. The quantitative estimate of drug-likeness (QED) is 0.829. The third kappa shape index (κ3) is 3.38. The van der Waals surface area contributed by atoms with Crippen LogP contribution in [0.25, 0.3) is 0 Å². The van der Waals surface area contributed by atoms with Gasteiger partial charge in [-0.25, -0.2) is 0 Å². The molecule has 0 radical (unpaired) electrons. The average Bonchev–Trinajstić information content (AvgIpc) is 3.04. The van der Waals surface area contributed by atoms with E-state index in [-0.39, 0.29) is 6.04 Å². The number of hydrogen-bond donors (Lipinski definition) is 1. The molecule has 0 spiro atoms. The van der Waals surface area contributed by atoms with E-state index in [1.165, 1.54) is 11.7 Å². The Morgan fingerprint density at radius 1 is 1.53 bits per heavy atom. The van der Waals surface area contributed by atoms with Crippen LogP contribution in [0.3, 0.4) is 0 Å². The fourth-order valence-electron chi connectivity index (χ4n) is 1.86. The van der Waals surface area contributed by atoms with E-state index in [4.69, 9.17) is 4.74 Å². The summed E-state index contributed by atoms with van der Waals surface area (Å²) < 4.78 is 16.4. The van der Waals surface area contributed by atoms with Crippen molar-refractivity contribution in [2.75, 3.05) is 20.3 Å². The first-order valence-corrected chi connectivity index (χ1v) is 7.51. The summed E-state index contributed by atoms with van der Waals surface area (Å²) in [5.74, 6) is 0. The maximum Gasteiger partial charge on any atom is 0.0974 e. The topological polar surface area (TPSA) is 64.9 Å². The number of hydrogen-bond acceptors (Lipinski definition) is 6. The van der Waals surface area contributed by atoms with Crippen molar-refractivity contribution in [2.45, 2.75) is 19.5 Å². The van der Waals surface area contributed by atoms with Gasteiger partial charge in [0, 0.05) is 7.11 Å². The lowest BCUT2D eigenvalue weighted by molar-refractivity contribution is 0.182. The SMILES string of the molecule is CCNC(c1cnsn1)c1c(Br)cnn1CCOC. The van der Waals surface area contributed by atoms with Crippen LogP contribution in [-0.4, -0.2) is 38.8 Å². The lowest BCUT2D eigenvalue weighted by Crippen LogP contribution is -2.26. The number of nitrogens with zero attached hydrogens (tertiary/aromatic N) is 4. The van der Waals surface area contributed by atoms with Crippen molar-refractivity contribution >= 4 is 27.7 Å². The molecule has 0 aliphatic heterocycles. The van der Waals surface area contributed by atoms with E-state index in [2.05, 4.69) is 42.0 Å². The number of ether oxygens (including phenoxy) is 1. The maximum absolute atomic E-state index is 5.12. The fourth-order valence-corrected chi connectivity index (χ4v) is 2.83. The summed E-state index contributed by atoms with van der Waals surface area (Å²) in [6, 6.07) is -0.0162. The van der Waals surface area contributed by atoms with Gasteiger partial charge in [-0.05, 0) is 22.5 Å². The molecule has 0 fully saturated rings. The van der Waals surface area contributed by atoms with Gasteiger partial charge in [0.25, 0.3) is 0 Å². The van der Waals surface area contributed by atoms with Gasteiger partial charge in [-0.1, -0.05) is 6.92 Å². The van der Waals surface area contributed by atoms with Gasteiger partial charge in [0.15, 0.2) is 0 Å². The first-order valence-electron chi connectivity index (χ1n) is 5.98. The second kappa shape index (κ2) is 7.09. The molecular weight excluding hydrogens is 330 g/mol. The second-order valence-electron chi connectivity index (χ2n) is 3.92. The monoisotopic (exact) mass is 345 g/mol. The molecule has 2 heterocycles. The van der Waals surface area contributed by atoms with Gasteiger partial charge in [-0.2, -0.15) is 13.8 Å². The average molecular weight is 346 g/mol. The van der Waals surface area contributed by atoms with Gasteiger partial charge in [0.2, 0.25) is 0 Å². The molecule has 6 nitrogen and oxygen atoms in total. The zero-order valence-electron chi connectivity index (χ0n) is 10.8. The van der Waals surface area contributed by atoms with Crippen LogP contribution in [0, 0.1) is 0 Å². The van der Waals surface area contributed by atoms with Crippen molar-refractivity contribution in [3.05, 3.63) is 28.3 Å². The van der Waals surface area contributed by atoms with Gasteiger partial charge >= 0.3 is 0 Å². The molecule has 2 aromatic heterocycles. The van der Waals surface area contributed by atoms with Crippen LogP contribution in [0.4, 0.5) is 0 Å². The van der Waals surface area contributed by atoms with Crippen molar-refractivity contribution < 1.29 is 4.74 Å². The van der Waals surface area contributed by atoms with Gasteiger partial charge in [0.05, 0.1) is 59.2 Å². The summed E-state index contributed by atoms with van der Waals surface area (Å²) in [5, 5.41) is 7.79. The Kier molecular flexibility index (Phi) is 5.44. The van der Waals surface area contributed by atoms with E-state index < -0.39 is 0 Å². The Labute approximate surface area is 124 Å². The number of rotatable bonds is 7. The summed E-state index contributed by atoms with van der Waals surface area (Å²) in [6.45, 7) is 4.23. The summed E-state index contributed by atoms with van der Waals surface area (Å²) in [6.07, 6.45) is 3.59. The molecule has 1 atom stereocenters. The Bertz CT molecular complexity index is 501. The first kappa shape index (κ1) is 14.6. The number of nitrogens with one attached hydrogen (secondary N) is 1. The van der Waals surface area contributed by atoms with Crippen molar-refractivity contribution in [3.8, 4) is 0 Å². The molecule has 19 heavy (non-hydrogen) atoms. The van der Waals surface area contributed by atoms with E-state index >= 15 is 0 Å². The first-order chi connectivity index (χ1) is 9.27. The van der Waals surface area contributed by atoms with Crippen molar-refractivity contribution in [1.82, 2.24) is 23.8 Å². The molecule has 0 aromatic carbocycles. The zero-order chi connectivity index (χ0) is 13.7. The third-order valence-corrected chi connectivity index (χ3v) is 3.80. The van der Waals surface area contributed by atoms with Gasteiger partial charge in [-0.15, -0.1) is 0 Å². The Morgan fingerprint density at radius 3 is 3.00 bits per heavy atom. The van der Waals surface area contributed by atoms with Crippen LogP contribution < -0.4 is 5.32 Å². The summed E-state index contributed by atoms with van der Waals surface area (Å²) >= 11 is 4.77. The fraction of sp³-hybridized carbons (Fsp3) is 0.545. The third-order valence-electron chi connectivity index (χ3n) is 2.70. The molecule has 0 amide bonds. The van der Waals surface area contributed by atoms with Gasteiger partial charge in [0.1, 0.15) is 0 Å². The lowest BCUT2D eigenvalue weighted by atomic mass is 10.1. The second-order valence-corrected chi connectivity index (χ2v) is 5.33. The molecule has 104 valence electrons. The van der Waals surface area contributed by atoms with Crippen LogP contribution in [0.1, 0.15) is 24.4 Å². The minimum atomic E-state index is -0.0162. The van der Waals surface area contributed by atoms with Crippen LogP contribution in [0.15, 0.2) is 16.9 Å². The number of methoxy groups -OCH3 is 1. The predicted molar refractivity (Wildman–Crippen MR) is 77.2 cm³/mol. The van der Waals surface area contributed by atoms with Crippen LogP contribution in [-0.2, 0) is 11.3 Å².